The number of aromatic nitrogens is 4. The number of hydrogen-bond donors (Lipinski definition) is 2. The number of para-hydroxylation sites is 2. The molecular weight excluding hydrogens is 580 g/mol. The standard InChI is InChI=1S/C33H25ClN6O2S/c1-21(39-42)22-13-17-25(18-14-22)35-31(41)20-43-33-38-37-32(40(33)26-7-3-2-4-8-26)28-19-30(23-11-15-24(34)16-12-23)36-29-10-6-5-9-27(28)29/h2-19,42H,20H2,1H3,(H,35,41)/b39-21-. The van der Waals surface area contributed by atoms with E-state index in [1.807, 2.05) is 89.5 Å². The molecule has 2 aromatic heterocycles. The number of fused-ring (bicyclic) bond motifs is 1. The number of thioether (sulfide) groups is 1. The Morgan fingerprint density at radius 3 is 2.40 bits per heavy atom. The SMILES string of the molecule is C/C(=N/O)c1ccc(NC(=O)CSc2nnc(-c3cc(-c4ccc(Cl)cc4)nc4ccccc34)n2-c2ccccc2)cc1. The third-order valence-electron chi connectivity index (χ3n) is 6.81. The molecule has 2 N–H and O–H groups in total. The number of halogens is 1. The molecule has 43 heavy (non-hydrogen) atoms. The summed E-state index contributed by atoms with van der Waals surface area (Å²) in [5, 5.41) is 26.4. The lowest BCUT2D eigenvalue weighted by Gasteiger charge is -2.13. The number of carbonyl (C=O) groups excluding carboxylic acids is 1. The number of nitrogens with zero attached hydrogens (tertiary/aromatic N) is 5. The Morgan fingerprint density at radius 2 is 1.65 bits per heavy atom. The fourth-order valence-electron chi connectivity index (χ4n) is 4.66. The maximum Gasteiger partial charge on any atom is 0.234 e. The van der Waals surface area contributed by atoms with Crippen molar-refractivity contribution in [2.24, 2.45) is 5.16 Å². The van der Waals surface area contributed by atoms with Gasteiger partial charge in [-0.2, -0.15) is 0 Å². The van der Waals surface area contributed by atoms with Crippen molar-refractivity contribution < 1.29 is 10.0 Å². The highest BCUT2D eigenvalue weighted by Crippen LogP contribution is 2.35. The van der Waals surface area contributed by atoms with E-state index in [1.165, 1.54) is 11.8 Å². The van der Waals surface area contributed by atoms with E-state index in [0.717, 1.165) is 39.0 Å². The molecule has 6 aromatic rings. The zero-order valence-corrected chi connectivity index (χ0v) is 24.5. The van der Waals surface area contributed by atoms with Gasteiger partial charge in [0.1, 0.15) is 0 Å². The topological polar surface area (TPSA) is 105 Å². The molecule has 8 nitrogen and oxygen atoms in total. The van der Waals surface area contributed by atoms with Crippen LogP contribution in [0.15, 0.2) is 120 Å². The fraction of sp³-hybridized carbons (Fsp3) is 0.0606. The van der Waals surface area contributed by atoms with Crippen LogP contribution < -0.4 is 5.32 Å². The van der Waals surface area contributed by atoms with Crippen LogP contribution >= 0.6 is 23.4 Å². The van der Waals surface area contributed by atoms with Gasteiger partial charge < -0.3 is 10.5 Å². The van der Waals surface area contributed by atoms with Crippen LogP contribution in [0.1, 0.15) is 12.5 Å². The maximum atomic E-state index is 12.9. The van der Waals surface area contributed by atoms with Crippen molar-refractivity contribution in [3.63, 3.8) is 0 Å². The van der Waals surface area contributed by atoms with E-state index in [-0.39, 0.29) is 11.7 Å². The summed E-state index contributed by atoms with van der Waals surface area (Å²) in [7, 11) is 0. The van der Waals surface area contributed by atoms with Gasteiger partial charge in [0.2, 0.25) is 5.91 Å². The number of rotatable bonds is 8. The summed E-state index contributed by atoms with van der Waals surface area (Å²) in [5.41, 5.74) is 6.18. The van der Waals surface area contributed by atoms with Gasteiger partial charge in [-0.1, -0.05) is 89.2 Å². The Kier molecular flexibility index (Phi) is 8.17. The highest BCUT2D eigenvalue weighted by Gasteiger charge is 2.20. The average molecular weight is 605 g/mol. The third kappa shape index (κ3) is 6.13. The molecule has 10 heteroatoms. The van der Waals surface area contributed by atoms with Crippen LogP contribution in [0, 0.1) is 0 Å². The number of nitrogens with one attached hydrogen (secondary N) is 1. The van der Waals surface area contributed by atoms with Crippen LogP contribution in [0.4, 0.5) is 5.69 Å². The number of benzene rings is 4. The average Bonchev–Trinajstić information content (AvgIpc) is 3.48. The summed E-state index contributed by atoms with van der Waals surface area (Å²) >= 11 is 7.45. The number of oxime groups is 1. The quantitative estimate of drug-likeness (QED) is 0.0797. The molecule has 0 saturated carbocycles. The van der Waals surface area contributed by atoms with Crippen LogP contribution in [-0.2, 0) is 4.79 Å². The van der Waals surface area contributed by atoms with Crippen molar-refractivity contribution in [2.45, 2.75) is 12.1 Å². The molecule has 0 fully saturated rings. The molecule has 4 aromatic carbocycles. The number of hydrogen-bond acceptors (Lipinski definition) is 7. The van der Waals surface area contributed by atoms with E-state index in [2.05, 4.69) is 20.7 Å². The van der Waals surface area contributed by atoms with Crippen LogP contribution in [-0.4, -0.2) is 42.3 Å². The maximum absolute atomic E-state index is 12.9. The first kappa shape index (κ1) is 28.1. The van der Waals surface area contributed by atoms with Gasteiger partial charge in [0.15, 0.2) is 11.0 Å². The molecule has 1 amide bonds. The zero-order chi connectivity index (χ0) is 29.8. The molecule has 6 rings (SSSR count). The molecule has 0 radical (unpaired) electrons. The minimum atomic E-state index is -0.186. The zero-order valence-electron chi connectivity index (χ0n) is 23.0. The molecule has 0 bridgehead atoms. The van der Waals surface area contributed by atoms with Gasteiger partial charge in [0, 0.05) is 32.9 Å². The Hall–Kier alpha value is -4.99. The first-order valence-electron chi connectivity index (χ1n) is 13.4. The lowest BCUT2D eigenvalue weighted by Crippen LogP contribution is -2.14. The van der Waals surface area contributed by atoms with E-state index in [0.29, 0.717) is 27.4 Å². The molecule has 212 valence electrons. The first-order valence-corrected chi connectivity index (χ1v) is 14.7. The van der Waals surface area contributed by atoms with E-state index in [4.69, 9.17) is 21.8 Å². The molecule has 0 saturated heterocycles. The Balaban J connectivity index is 1.35. The number of amides is 1. The molecule has 0 aliphatic rings. The summed E-state index contributed by atoms with van der Waals surface area (Å²) in [5.74, 6) is 0.574. The van der Waals surface area contributed by atoms with Gasteiger partial charge in [0.05, 0.1) is 22.7 Å². The summed E-state index contributed by atoms with van der Waals surface area (Å²) in [6.45, 7) is 1.70. The molecule has 0 spiro atoms. The monoisotopic (exact) mass is 604 g/mol. The molecule has 2 heterocycles. The summed E-state index contributed by atoms with van der Waals surface area (Å²) in [6.07, 6.45) is 0. The molecule has 0 aliphatic carbocycles. The van der Waals surface area contributed by atoms with Crippen molar-refractivity contribution in [1.29, 1.82) is 0 Å². The Bertz CT molecular complexity index is 1940. The number of pyridine rings is 1. The van der Waals surface area contributed by atoms with Gasteiger partial charge in [-0.25, -0.2) is 4.98 Å². The van der Waals surface area contributed by atoms with Crippen LogP contribution in [0.2, 0.25) is 5.02 Å². The van der Waals surface area contributed by atoms with Gasteiger partial charge in [0.25, 0.3) is 0 Å². The highest BCUT2D eigenvalue weighted by atomic mass is 35.5. The van der Waals surface area contributed by atoms with E-state index >= 15 is 0 Å². The van der Waals surface area contributed by atoms with E-state index in [1.54, 1.807) is 31.2 Å². The molecule has 0 atom stereocenters. The van der Waals surface area contributed by atoms with Gasteiger partial charge in [-0.15, -0.1) is 10.2 Å². The van der Waals surface area contributed by atoms with Crippen molar-refractivity contribution >= 4 is 51.6 Å². The molecular formula is C33H25ClN6O2S. The lowest BCUT2D eigenvalue weighted by molar-refractivity contribution is -0.113. The second-order valence-corrected chi connectivity index (χ2v) is 11.0. The van der Waals surface area contributed by atoms with Crippen molar-refractivity contribution in [3.8, 4) is 28.3 Å². The highest BCUT2D eigenvalue weighted by molar-refractivity contribution is 7.99. The molecule has 0 unspecified atom stereocenters. The second-order valence-electron chi connectivity index (χ2n) is 9.66. The van der Waals surface area contributed by atoms with E-state index in [9.17, 15) is 4.79 Å². The van der Waals surface area contributed by atoms with Crippen molar-refractivity contribution in [3.05, 3.63) is 120 Å². The number of carbonyl (C=O) groups is 1. The van der Waals surface area contributed by atoms with Crippen LogP contribution in [0.3, 0.4) is 0 Å². The normalized spacial score (nSPS) is 11.5. The summed E-state index contributed by atoms with van der Waals surface area (Å²) in [6, 6.07) is 34.5. The minimum Gasteiger partial charge on any atom is -0.411 e. The van der Waals surface area contributed by atoms with Crippen molar-refractivity contribution in [2.75, 3.05) is 11.1 Å². The van der Waals surface area contributed by atoms with Gasteiger partial charge >= 0.3 is 0 Å². The van der Waals surface area contributed by atoms with Gasteiger partial charge in [-0.3, -0.25) is 9.36 Å². The summed E-state index contributed by atoms with van der Waals surface area (Å²) < 4.78 is 1.97. The van der Waals surface area contributed by atoms with Gasteiger partial charge in [-0.05, 0) is 61.0 Å². The fourth-order valence-corrected chi connectivity index (χ4v) is 5.53. The summed E-state index contributed by atoms with van der Waals surface area (Å²) in [4.78, 5) is 17.8. The minimum absolute atomic E-state index is 0.122. The largest absolute Gasteiger partial charge is 0.411 e. The first-order chi connectivity index (χ1) is 21.0. The van der Waals surface area contributed by atoms with E-state index < -0.39 is 0 Å². The lowest BCUT2D eigenvalue weighted by atomic mass is 10.0. The Labute approximate surface area is 257 Å². The van der Waals surface area contributed by atoms with Crippen LogP contribution in [0.25, 0.3) is 39.2 Å². The molecule has 0 aliphatic heterocycles. The van der Waals surface area contributed by atoms with Crippen LogP contribution in [0.5, 0.6) is 0 Å². The second kappa shape index (κ2) is 12.5. The third-order valence-corrected chi connectivity index (χ3v) is 7.99. The predicted molar refractivity (Wildman–Crippen MR) is 172 cm³/mol. The smallest absolute Gasteiger partial charge is 0.234 e. The van der Waals surface area contributed by atoms with Crippen molar-refractivity contribution in [1.82, 2.24) is 19.7 Å². The predicted octanol–water partition coefficient (Wildman–Crippen LogP) is 7.73. The Morgan fingerprint density at radius 1 is 0.930 bits per heavy atom. The number of anilines is 1.